The number of nitrogens with one attached hydrogen (secondary N) is 1. The molecule has 3 aromatic rings. The molecule has 32 heavy (non-hydrogen) atoms. The van der Waals surface area contributed by atoms with E-state index in [1.54, 1.807) is 48.5 Å². The number of hydrazone groups is 1. The monoisotopic (exact) mass is 454 g/mol. The highest BCUT2D eigenvalue weighted by molar-refractivity contribution is 7.87. The van der Waals surface area contributed by atoms with E-state index in [1.165, 1.54) is 38.6 Å². The molecule has 0 unspecified atom stereocenters. The van der Waals surface area contributed by atoms with Gasteiger partial charge >= 0.3 is 10.1 Å². The summed E-state index contributed by atoms with van der Waals surface area (Å²) in [4.78, 5) is 12.4. The topological polar surface area (TPSA) is 103 Å². The molecule has 0 spiro atoms. The van der Waals surface area contributed by atoms with Crippen molar-refractivity contribution in [3.05, 3.63) is 83.4 Å². The average molecular weight is 455 g/mol. The molecular formula is C23H22N2O6S. The lowest BCUT2D eigenvalue weighted by Gasteiger charge is -2.11. The first kappa shape index (κ1) is 22.8. The molecule has 0 bridgehead atoms. The maximum atomic E-state index is 12.5. The average Bonchev–Trinajstić information content (AvgIpc) is 2.79. The molecule has 3 rings (SSSR count). The van der Waals surface area contributed by atoms with Gasteiger partial charge in [-0.1, -0.05) is 24.3 Å². The highest BCUT2D eigenvalue weighted by atomic mass is 32.2. The minimum absolute atomic E-state index is 0.00756. The summed E-state index contributed by atoms with van der Waals surface area (Å²) in [6.45, 7) is 1.89. The van der Waals surface area contributed by atoms with Gasteiger partial charge in [0.1, 0.15) is 10.6 Å². The molecule has 1 N–H and O–H groups in total. The molecule has 1 amide bonds. The Morgan fingerprint density at radius 3 is 2.31 bits per heavy atom. The number of nitrogens with zero attached hydrogens (tertiary/aromatic N) is 1. The Labute approximate surface area is 186 Å². The van der Waals surface area contributed by atoms with E-state index in [1.807, 2.05) is 6.92 Å². The number of rotatable bonds is 8. The molecule has 0 aliphatic heterocycles. The minimum atomic E-state index is -4.05. The molecule has 0 aliphatic carbocycles. The zero-order chi connectivity index (χ0) is 23.1. The predicted octanol–water partition coefficient (Wildman–Crippen LogP) is 3.54. The third kappa shape index (κ3) is 5.44. The van der Waals surface area contributed by atoms with Crippen LogP contribution in [0, 0.1) is 6.92 Å². The Morgan fingerprint density at radius 1 is 0.906 bits per heavy atom. The van der Waals surface area contributed by atoms with Gasteiger partial charge in [0.25, 0.3) is 5.91 Å². The standard InChI is InChI=1S/C23H22N2O6S/c1-16-9-11-19(21(13-16)30-3)23(26)25-24-15-17-10-12-20(29-2)22(14-17)31-32(27,28)18-7-5-4-6-8-18/h4-15H,1-3H3,(H,25,26)/b24-15-. The zero-order valence-electron chi connectivity index (χ0n) is 17.7. The Balaban J connectivity index is 1.78. The highest BCUT2D eigenvalue weighted by Crippen LogP contribution is 2.30. The molecule has 0 heterocycles. The third-order valence-electron chi connectivity index (χ3n) is 4.40. The van der Waals surface area contributed by atoms with Crippen molar-refractivity contribution in [3.63, 3.8) is 0 Å². The van der Waals surface area contributed by atoms with Gasteiger partial charge in [-0.15, -0.1) is 0 Å². The molecule has 0 aliphatic rings. The lowest BCUT2D eigenvalue weighted by atomic mass is 10.1. The van der Waals surface area contributed by atoms with Crippen LogP contribution in [0.2, 0.25) is 0 Å². The summed E-state index contributed by atoms with van der Waals surface area (Å²) < 4.78 is 40.8. The van der Waals surface area contributed by atoms with Gasteiger partial charge in [-0.3, -0.25) is 4.79 Å². The Morgan fingerprint density at radius 2 is 1.62 bits per heavy atom. The maximum Gasteiger partial charge on any atom is 0.339 e. The first-order chi connectivity index (χ1) is 15.3. The second kappa shape index (κ2) is 9.97. The van der Waals surface area contributed by atoms with Crippen LogP contribution in [0.1, 0.15) is 21.5 Å². The number of hydrogen-bond acceptors (Lipinski definition) is 7. The van der Waals surface area contributed by atoms with Crippen molar-refractivity contribution in [1.82, 2.24) is 5.43 Å². The number of carbonyl (C=O) groups excluding carboxylic acids is 1. The van der Waals surface area contributed by atoms with E-state index in [2.05, 4.69) is 10.5 Å². The van der Waals surface area contributed by atoms with Gasteiger partial charge < -0.3 is 13.7 Å². The van der Waals surface area contributed by atoms with E-state index < -0.39 is 16.0 Å². The fourth-order valence-corrected chi connectivity index (χ4v) is 3.76. The Hall–Kier alpha value is -3.85. The first-order valence-corrected chi connectivity index (χ1v) is 10.9. The number of benzene rings is 3. The van der Waals surface area contributed by atoms with E-state index in [0.29, 0.717) is 16.9 Å². The number of hydrogen-bond donors (Lipinski definition) is 1. The van der Waals surface area contributed by atoms with E-state index in [0.717, 1.165) is 5.56 Å². The highest BCUT2D eigenvalue weighted by Gasteiger charge is 2.19. The van der Waals surface area contributed by atoms with Gasteiger partial charge in [0.05, 0.1) is 26.0 Å². The molecular weight excluding hydrogens is 432 g/mol. The number of carbonyl (C=O) groups is 1. The lowest BCUT2D eigenvalue weighted by Crippen LogP contribution is -2.18. The summed E-state index contributed by atoms with van der Waals surface area (Å²) in [6, 6.07) is 17.6. The summed E-state index contributed by atoms with van der Waals surface area (Å²) in [5, 5.41) is 3.94. The quantitative estimate of drug-likeness (QED) is 0.317. The minimum Gasteiger partial charge on any atom is -0.496 e. The molecule has 0 fully saturated rings. The molecule has 0 atom stereocenters. The normalized spacial score (nSPS) is 11.2. The molecule has 0 saturated heterocycles. The van der Waals surface area contributed by atoms with E-state index in [-0.39, 0.29) is 16.4 Å². The van der Waals surface area contributed by atoms with Crippen LogP contribution in [0.15, 0.2) is 76.7 Å². The van der Waals surface area contributed by atoms with E-state index in [9.17, 15) is 13.2 Å². The molecule has 0 aromatic heterocycles. The van der Waals surface area contributed by atoms with Gasteiger partial charge in [-0.05, 0) is 60.5 Å². The number of aryl methyl sites for hydroxylation is 1. The Bertz CT molecular complexity index is 1240. The largest absolute Gasteiger partial charge is 0.496 e. The van der Waals surface area contributed by atoms with Crippen molar-refractivity contribution in [3.8, 4) is 17.2 Å². The molecule has 0 radical (unpaired) electrons. The van der Waals surface area contributed by atoms with Crippen molar-refractivity contribution in [2.24, 2.45) is 5.10 Å². The van der Waals surface area contributed by atoms with E-state index in [4.69, 9.17) is 13.7 Å². The number of amides is 1. The van der Waals surface area contributed by atoms with E-state index >= 15 is 0 Å². The van der Waals surface area contributed by atoms with Crippen LogP contribution in [-0.4, -0.2) is 34.8 Å². The SMILES string of the molecule is COc1ccc(/C=N\NC(=O)c2ccc(C)cc2OC)cc1OS(=O)(=O)c1ccccc1. The van der Waals surface area contributed by atoms with Crippen molar-refractivity contribution >= 4 is 22.2 Å². The maximum absolute atomic E-state index is 12.5. The van der Waals surface area contributed by atoms with Crippen LogP contribution in [0.25, 0.3) is 0 Å². The number of ether oxygens (including phenoxy) is 2. The van der Waals surface area contributed by atoms with Crippen LogP contribution >= 0.6 is 0 Å². The Kier molecular flexibility index (Phi) is 7.11. The molecule has 8 nitrogen and oxygen atoms in total. The van der Waals surface area contributed by atoms with Gasteiger partial charge in [-0.2, -0.15) is 13.5 Å². The summed E-state index contributed by atoms with van der Waals surface area (Å²) >= 11 is 0. The van der Waals surface area contributed by atoms with Crippen LogP contribution in [0.3, 0.4) is 0 Å². The fraction of sp³-hybridized carbons (Fsp3) is 0.130. The lowest BCUT2D eigenvalue weighted by molar-refractivity contribution is 0.0952. The molecule has 3 aromatic carbocycles. The smallest absolute Gasteiger partial charge is 0.339 e. The van der Waals surface area contributed by atoms with Crippen molar-refractivity contribution in [1.29, 1.82) is 0 Å². The fourth-order valence-electron chi connectivity index (χ4n) is 2.80. The second-order valence-corrected chi connectivity index (χ2v) is 8.21. The molecule has 9 heteroatoms. The van der Waals surface area contributed by atoms with Gasteiger partial charge in [0.15, 0.2) is 11.5 Å². The summed E-state index contributed by atoms with van der Waals surface area (Å²) in [6.07, 6.45) is 1.36. The van der Waals surface area contributed by atoms with Crippen LogP contribution in [0.4, 0.5) is 0 Å². The van der Waals surface area contributed by atoms with Gasteiger partial charge in [0.2, 0.25) is 0 Å². The molecule has 0 saturated carbocycles. The zero-order valence-corrected chi connectivity index (χ0v) is 18.5. The van der Waals surface area contributed by atoms with Crippen molar-refractivity contribution in [2.75, 3.05) is 14.2 Å². The van der Waals surface area contributed by atoms with Gasteiger partial charge in [-0.25, -0.2) is 5.43 Å². The third-order valence-corrected chi connectivity index (χ3v) is 5.65. The van der Waals surface area contributed by atoms with Crippen LogP contribution < -0.4 is 19.1 Å². The van der Waals surface area contributed by atoms with Crippen LogP contribution in [-0.2, 0) is 10.1 Å². The summed E-state index contributed by atoms with van der Waals surface area (Å²) in [5.74, 6) is 0.209. The van der Waals surface area contributed by atoms with Gasteiger partial charge in [0, 0.05) is 0 Å². The first-order valence-electron chi connectivity index (χ1n) is 9.49. The second-order valence-electron chi connectivity index (χ2n) is 6.66. The number of methoxy groups -OCH3 is 2. The van der Waals surface area contributed by atoms with Crippen molar-refractivity contribution in [2.45, 2.75) is 11.8 Å². The van der Waals surface area contributed by atoms with Crippen LogP contribution in [0.5, 0.6) is 17.2 Å². The summed E-state index contributed by atoms with van der Waals surface area (Å²) in [7, 11) is -1.17. The molecule has 166 valence electrons. The predicted molar refractivity (Wildman–Crippen MR) is 120 cm³/mol. The summed E-state index contributed by atoms with van der Waals surface area (Å²) in [5.41, 5.74) is 4.20. The van der Waals surface area contributed by atoms with Crippen molar-refractivity contribution < 1.29 is 26.9 Å².